The Bertz CT molecular complexity index is 419. The van der Waals surface area contributed by atoms with Gasteiger partial charge in [0.05, 0.1) is 12.6 Å². The number of nitrogens with zero attached hydrogens (tertiary/aromatic N) is 2. The maximum Gasteiger partial charge on any atom is 0.0604 e. The van der Waals surface area contributed by atoms with Crippen molar-refractivity contribution in [3.8, 4) is 0 Å². The van der Waals surface area contributed by atoms with Gasteiger partial charge in [-0.2, -0.15) is 0 Å². The molecule has 0 amide bonds. The lowest BCUT2D eigenvalue weighted by Crippen LogP contribution is -2.57. The Morgan fingerprint density at radius 3 is 2.56 bits per heavy atom. The van der Waals surface area contributed by atoms with Gasteiger partial charge in [-0.05, 0) is 51.1 Å². The lowest BCUT2D eigenvalue weighted by Gasteiger charge is -2.44. The van der Waals surface area contributed by atoms with Crippen molar-refractivity contribution in [1.29, 1.82) is 0 Å². The van der Waals surface area contributed by atoms with Crippen LogP contribution in [0.3, 0.4) is 0 Å². The Morgan fingerprint density at radius 2 is 1.94 bits per heavy atom. The number of rotatable bonds is 2. The van der Waals surface area contributed by atoms with Crippen LogP contribution in [-0.2, 0) is 0 Å². The highest BCUT2D eigenvalue weighted by molar-refractivity contribution is 5.51. The summed E-state index contributed by atoms with van der Waals surface area (Å²) in [6, 6.07) is 7.32. The third kappa shape index (κ3) is 2.52. The van der Waals surface area contributed by atoms with E-state index < -0.39 is 0 Å². The summed E-state index contributed by atoms with van der Waals surface area (Å²) in [5, 5.41) is 9.47. The first-order valence-corrected chi connectivity index (χ1v) is 6.68. The predicted molar refractivity (Wildman–Crippen MR) is 76.2 cm³/mol. The highest BCUT2D eigenvalue weighted by Crippen LogP contribution is 2.23. The zero-order valence-corrected chi connectivity index (χ0v) is 11.8. The molecule has 1 aliphatic heterocycles. The quantitative estimate of drug-likeness (QED) is 0.864. The van der Waals surface area contributed by atoms with Crippen molar-refractivity contribution < 1.29 is 5.11 Å². The molecule has 0 saturated carbocycles. The minimum atomic E-state index is 0.224. The van der Waals surface area contributed by atoms with Crippen LogP contribution in [-0.4, -0.2) is 48.8 Å². The van der Waals surface area contributed by atoms with Crippen LogP contribution < -0.4 is 4.90 Å². The topological polar surface area (TPSA) is 26.7 Å². The summed E-state index contributed by atoms with van der Waals surface area (Å²) >= 11 is 0. The number of aliphatic hydroxyl groups is 1. The van der Waals surface area contributed by atoms with Crippen molar-refractivity contribution in [1.82, 2.24) is 4.90 Å². The Labute approximate surface area is 110 Å². The molecule has 2 rings (SSSR count). The summed E-state index contributed by atoms with van der Waals surface area (Å²) in [5.74, 6) is 0. The zero-order valence-electron chi connectivity index (χ0n) is 11.8. The van der Waals surface area contributed by atoms with Gasteiger partial charge in [0.15, 0.2) is 0 Å². The predicted octanol–water partition coefficient (Wildman–Crippen LogP) is 1.80. The fraction of sp³-hybridized carbons (Fsp3) is 0.600. The van der Waals surface area contributed by atoms with Gasteiger partial charge in [-0.25, -0.2) is 0 Å². The smallest absolute Gasteiger partial charge is 0.0604 e. The van der Waals surface area contributed by atoms with E-state index in [4.69, 9.17) is 0 Å². The average molecular weight is 248 g/mol. The van der Waals surface area contributed by atoms with Crippen molar-refractivity contribution in [3.63, 3.8) is 0 Å². The molecule has 100 valence electrons. The van der Waals surface area contributed by atoms with E-state index in [1.165, 1.54) is 16.8 Å². The standard InChI is InChI=1S/C15H24N2O/c1-11-5-6-14(7-12(11)2)17-8-13(3)16(4)15(9-17)10-18/h5-7,13,15,18H,8-10H2,1-4H3. The fourth-order valence-electron chi connectivity index (χ4n) is 2.58. The first-order chi connectivity index (χ1) is 8.52. The van der Waals surface area contributed by atoms with Crippen molar-refractivity contribution in [3.05, 3.63) is 29.3 Å². The lowest BCUT2D eigenvalue weighted by atomic mass is 10.0. The molecule has 2 atom stereocenters. The van der Waals surface area contributed by atoms with Crippen LogP contribution in [0.25, 0.3) is 0 Å². The molecule has 0 aliphatic carbocycles. The highest BCUT2D eigenvalue weighted by atomic mass is 16.3. The van der Waals surface area contributed by atoms with Gasteiger partial charge < -0.3 is 10.0 Å². The molecule has 1 heterocycles. The van der Waals surface area contributed by atoms with Crippen LogP contribution in [0.4, 0.5) is 5.69 Å². The summed E-state index contributed by atoms with van der Waals surface area (Å²) in [6.45, 7) is 8.66. The van der Waals surface area contributed by atoms with E-state index in [9.17, 15) is 5.11 Å². The molecule has 18 heavy (non-hydrogen) atoms. The third-order valence-corrected chi connectivity index (χ3v) is 4.25. The Hall–Kier alpha value is -1.06. The fourth-order valence-corrected chi connectivity index (χ4v) is 2.58. The Balaban J connectivity index is 2.20. The lowest BCUT2D eigenvalue weighted by molar-refractivity contribution is 0.0996. The summed E-state index contributed by atoms with van der Waals surface area (Å²) in [7, 11) is 2.10. The van der Waals surface area contributed by atoms with E-state index in [-0.39, 0.29) is 12.6 Å². The van der Waals surface area contributed by atoms with E-state index >= 15 is 0 Å². The van der Waals surface area contributed by atoms with Gasteiger partial charge >= 0.3 is 0 Å². The maximum atomic E-state index is 9.47. The summed E-state index contributed by atoms with van der Waals surface area (Å²) in [5.41, 5.74) is 3.94. The van der Waals surface area contributed by atoms with Gasteiger partial charge in [-0.3, -0.25) is 4.90 Å². The monoisotopic (exact) mass is 248 g/mol. The minimum absolute atomic E-state index is 0.224. The number of piperazine rings is 1. The van der Waals surface area contributed by atoms with E-state index in [0.717, 1.165) is 13.1 Å². The maximum absolute atomic E-state index is 9.47. The number of anilines is 1. The third-order valence-electron chi connectivity index (χ3n) is 4.25. The van der Waals surface area contributed by atoms with E-state index in [1.54, 1.807) is 0 Å². The molecule has 3 heteroatoms. The number of aryl methyl sites for hydroxylation is 2. The second-order valence-electron chi connectivity index (χ2n) is 5.52. The first-order valence-electron chi connectivity index (χ1n) is 6.68. The van der Waals surface area contributed by atoms with Gasteiger partial charge in [-0.1, -0.05) is 6.07 Å². The summed E-state index contributed by atoms with van der Waals surface area (Å²) in [6.07, 6.45) is 0. The first kappa shape index (κ1) is 13.4. The average Bonchev–Trinajstić information content (AvgIpc) is 2.36. The van der Waals surface area contributed by atoms with Crippen LogP contribution in [0.5, 0.6) is 0 Å². The molecule has 3 nitrogen and oxygen atoms in total. The van der Waals surface area contributed by atoms with Gasteiger partial charge in [0.25, 0.3) is 0 Å². The highest BCUT2D eigenvalue weighted by Gasteiger charge is 2.28. The molecule has 0 aromatic heterocycles. The van der Waals surface area contributed by atoms with Gasteiger partial charge in [0.2, 0.25) is 0 Å². The van der Waals surface area contributed by atoms with E-state index in [0.29, 0.717) is 6.04 Å². The molecule has 0 spiro atoms. The molecular formula is C15H24N2O. The summed E-state index contributed by atoms with van der Waals surface area (Å²) < 4.78 is 0. The molecule has 1 aromatic carbocycles. The van der Waals surface area contributed by atoms with Crippen LogP contribution in [0, 0.1) is 13.8 Å². The van der Waals surface area contributed by atoms with Gasteiger partial charge in [-0.15, -0.1) is 0 Å². The van der Waals surface area contributed by atoms with E-state index in [2.05, 4.69) is 55.8 Å². The molecular weight excluding hydrogens is 224 g/mol. The minimum Gasteiger partial charge on any atom is -0.395 e. The van der Waals surface area contributed by atoms with Crippen LogP contribution in [0.1, 0.15) is 18.1 Å². The molecule has 1 fully saturated rings. The summed E-state index contributed by atoms with van der Waals surface area (Å²) in [4.78, 5) is 4.66. The molecule has 2 unspecified atom stereocenters. The van der Waals surface area contributed by atoms with Gasteiger partial charge in [0.1, 0.15) is 0 Å². The second-order valence-corrected chi connectivity index (χ2v) is 5.52. The van der Waals surface area contributed by atoms with Crippen LogP contribution in [0.15, 0.2) is 18.2 Å². The van der Waals surface area contributed by atoms with Crippen molar-refractivity contribution in [2.75, 3.05) is 31.6 Å². The molecule has 0 bridgehead atoms. The molecule has 0 radical (unpaired) electrons. The Morgan fingerprint density at radius 1 is 1.22 bits per heavy atom. The van der Waals surface area contributed by atoms with Crippen LogP contribution in [0.2, 0.25) is 0 Å². The molecule has 1 aliphatic rings. The SMILES string of the molecule is Cc1ccc(N2CC(C)N(C)C(CO)C2)cc1C. The van der Waals surface area contributed by atoms with Crippen molar-refractivity contribution in [2.45, 2.75) is 32.9 Å². The zero-order chi connectivity index (χ0) is 13.3. The normalized spacial score (nSPS) is 25.5. The largest absolute Gasteiger partial charge is 0.395 e. The number of aliphatic hydroxyl groups excluding tert-OH is 1. The second kappa shape index (κ2) is 5.29. The number of likely N-dealkylation sites (N-methyl/N-ethyl adjacent to an activating group) is 1. The van der Waals surface area contributed by atoms with E-state index in [1.807, 2.05) is 0 Å². The van der Waals surface area contributed by atoms with Crippen molar-refractivity contribution in [2.24, 2.45) is 0 Å². The van der Waals surface area contributed by atoms with Gasteiger partial charge in [0, 0.05) is 24.8 Å². The number of benzene rings is 1. The molecule has 1 aromatic rings. The van der Waals surface area contributed by atoms with Crippen molar-refractivity contribution >= 4 is 5.69 Å². The van der Waals surface area contributed by atoms with Crippen LogP contribution >= 0.6 is 0 Å². The number of hydrogen-bond acceptors (Lipinski definition) is 3. The molecule has 1 saturated heterocycles. The number of hydrogen-bond donors (Lipinski definition) is 1. The molecule has 1 N–H and O–H groups in total. The Kier molecular flexibility index (Phi) is 3.93.